The molecule has 1 saturated heterocycles. The van der Waals surface area contributed by atoms with E-state index in [0.717, 1.165) is 74.7 Å². The molecule has 3 heterocycles. The molecule has 31 heavy (non-hydrogen) atoms. The number of hydrogen-bond acceptors (Lipinski definition) is 7. The number of hydrogen-bond donors (Lipinski definition) is 2. The Labute approximate surface area is 186 Å². The lowest BCUT2D eigenvalue weighted by atomic mass is 10.1. The Bertz CT molecular complexity index is 1060. The van der Waals surface area contributed by atoms with Crippen molar-refractivity contribution < 1.29 is 4.79 Å². The smallest absolute Gasteiger partial charge is 0.225 e. The number of aromatic nitrogens is 4. The number of rotatable bonds is 8. The van der Waals surface area contributed by atoms with Crippen LogP contribution < -0.4 is 10.2 Å². The van der Waals surface area contributed by atoms with Gasteiger partial charge in [-0.2, -0.15) is 0 Å². The summed E-state index contributed by atoms with van der Waals surface area (Å²) in [5.41, 5.74) is 0.981. The van der Waals surface area contributed by atoms with Gasteiger partial charge in [0.2, 0.25) is 11.9 Å². The van der Waals surface area contributed by atoms with Crippen molar-refractivity contribution in [1.29, 1.82) is 0 Å². The van der Waals surface area contributed by atoms with Crippen molar-refractivity contribution in [3.8, 4) is 0 Å². The molecule has 4 rings (SSSR count). The third kappa shape index (κ3) is 5.55. The molecule has 162 valence electrons. The Morgan fingerprint density at radius 1 is 1.03 bits per heavy atom. The monoisotopic (exact) mass is 437 g/mol. The number of para-hydroxylation sites is 1. The second kappa shape index (κ2) is 10.3. The SMILES string of the molecule is O=C(CCCCCNc1nc(=S)[nH]c2ccccc12)N1CCN(c2ncccn2)CC1. The number of piperazine rings is 1. The standard InChI is InChI=1S/C22H27N7OS/c30-19(28-13-15-29(16-14-28)21-24-11-6-12-25-21)9-2-1-5-10-23-20-17-7-3-4-8-18(17)26-22(31)27-20/h3-4,6-8,11-12H,1-2,5,9-10,13-16H2,(H2,23,26,27,31). The highest BCUT2D eigenvalue weighted by molar-refractivity contribution is 7.71. The molecule has 2 aromatic heterocycles. The third-order valence-corrected chi connectivity index (χ3v) is 5.66. The molecule has 0 aliphatic carbocycles. The number of carbonyl (C=O) groups excluding carboxylic acids is 1. The molecule has 0 atom stereocenters. The molecule has 0 spiro atoms. The average molecular weight is 438 g/mol. The lowest BCUT2D eigenvalue weighted by Gasteiger charge is -2.34. The Kier molecular flexibility index (Phi) is 7.03. The van der Waals surface area contributed by atoms with Crippen LogP contribution in [0.1, 0.15) is 25.7 Å². The van der Waals surface area contributed by atoms with Gasteiger partial charge in [0.05, 0.1) is 5.52 Å². The van der Waals surface area contributed by atoms with Gasteiger partial charge >= 0.3 is 0 Å². The molecule has 1 aliphatic heterocycles. The fourth-order valence-electron chi connectivity index (χ4n) is 3.79. The van der Waals surface area contributed by atoms with Crippen LogP contribution in [0.5, 0.6) is 0 Å². The number of benzene rings is 1. The van der Waals surface area contributed by atoms with Crippen molar-refractivity contribution in [2.45, 2.75) is 25.7 Å². The van der Waals surface area contributed by atoms with Crippen molar-refractivity contribution in [2.24, 2.45) is 0 Å². The van der Waals surface area contributed by atoms with Crippen LogP contribution >= 0.6 is 12.2 Å². The van der Waals surface area contributed by atoms with E-state index in [2.05, 4.69) is 30.2 Å². The zero-order chi connectivity index (χ0) is 21.5. The van der Waals surface area contributed by atoms with Crippen molar-refractivity contribution in [3.05, 3.63) is 47.5 Å². The first-order chi connectivity index (χ1) is 15.2. The molecule has 1 amide bonds. The third-order valence-electron chi connectivity index (χ3n) is 5.46. The molecule has 1 aromatic carbocycles. The molecule has 0 bridgehead atoms. The first kappa shape index (κ1) is 21.2. The van der Waals surface area contributed by atoms with Crippen LogP contribution in [0.15, 0.2) is 42.7 Å². The highest BCUT2D eigenvalue weighted by Gasteiger charge is 2.21. The normalized spacial score (nSPS) is 14.1. The lowest BCUT2D eigenvalue weighted by Crippen LogP contribution is -2.49. The van der Waals surface area contributed by atoms with Gasteiger partial charge in [0.1, 0.15) is 5.82 Å². The van der Waals surface area contributed by atoms with E-state index < -0.39 is 0 Å². The summed E-state index contributed by atoms with van der Waals surface area (Å²) < 4.78 is 0.478. The van der Waals surface area contributed by atoms with Crippen LogP contribution in [0, 0.1) is 4.77 Å². The first-order valence-corrected chi connectivity index (χ1v) is 11.1. The van der Waals surface area contributed by atoms with E-state index in [4.69, 9.17) is 12.2 Å². The van der Waals surface area contributed by atoms with E-state index in [9.17, 15) is 4.79 Å². The summed E-state index contributed by atoms with van der Waals surface area (Å²) in [5, 5.41) is 4.42. The van der Waals surface area contributed by atoms with Gasteiger partial charge in [-0.25, -0.2) is 15.0 Å². The maximum Gasteiger partial charge on any atom is 0.225 e. The predicted octanol–water partition coefficient (Wildman–Crippen LogP) is 3.40. The molecular formula is C22H27N7OS. The molecule has 2 N–H and O–H groups in total. The van der Waals surface area contributed by atoms with Crippen LogP contribution in [0.4, 0.5) is 11.8 Å². The Morgan fingerprint density at radius 3 is 2.61 bits per heavy atom. The number of nitrogens with zero attached hydrogens (tertiary/aromatic N) is 5. The number of nitrogens with one attached hydrogen (secondary N) is 2. The Hall–Kier alpha value is -3.07. The summed E-state index contributed by atoms with van der Waals surface area (Å²) in [7, 11) is 0. The van der Waals surface area contributed by atoms with Crippen LogP contribution in [-0.2, 0) is 4.79 Å². The first-order valence-electron chi connectivity index (χ1n) is 10.7. The van der Waals surface area contributed by atoms with Crippen molar-refractivity contribution in [2.75, 3.05) is 42.9 Å². The second-order valence-corrected chi connectivity index (χ2v) is 7.98. The van der Waals surface area contributed by atoms with Gasteiger partial charge in [-0.05, 0) is 43.3 Å². The van der Waals surface area contributed by atoms with Crippen LogP contribution in [0.25, 0.3) is 10.9 Å². The van der Waals surface area contributed by atoms with Gasteiger partial charge in [0.15, 0.2) is 4.77 Å². The highest BCUT2D eigenvalue weighted by atomic mass is 32.1. The van der Waals surface area contributed by atoms with Gasteiger partial charge in [-0.3, -0.25) is 4.79 Å². The number of carbonyl (C=O) groups is 1. The summed E-state index contributed by atoms with van der Waals surface area (Å²) >= 11 is 5.21. The molecule has 3 aromatic rings. The minimum atomic E-state index is 0.239. The second-order valence-electron chi connectivity index (χ2n) is 7.59. The topological polar surface area (TPSA) is 90.0 Å². The van der Waals surface area contributed by atoms with Crippen LogP contribution in [0.2, 0.25) is 0 Å². The van der Waals surface area contributed by atoms with Gasteiger partial charge in [0, 0.05) is 56.9 Å². The van der Waals surface area contributed by atoms with Crippen molar-refractivity contribution in [3.63, 3.8) is 0 Å². The molecule has 0 unspecified atom stereocenters. The molecule has 0 saturated carbocycles. The maximum absolute atomic E-state index is 12.5. The van der Waals surface area contributed by atoms with Crippen molar-refractivity contribution in [1.82, 2.24) is 24.8 Å². The van der Waals surface area contributed by atoms with E-state index in [1.165, 1.54) is 0 Å². The Balaban J connectivity index is 1.15. The van der Waals surface area contributed by atoms with Gasteiger partial charge in [0.25, 0.3) is 0 Å². The quantitative estimate of drug-likeness (QED) is 0.412. The lowest BCUT2D eigenvalue weighted by molar-refractivity contribution is -0.131. The number of H-pyrrole nitrogens is 1. The number of unbranched alkanes of at least 4 members (excludes halogenated alkanes) is 2. The summed E-state index contributed by atoms with van der Waals surface area (Å²) in [6.07, 6.45) is 6.96. The van der Waals surface area contributed by atoms with E-state index in [1.807, 2.05) is 35.2 Å². The van der Waals surface area contributed by atoms with Crippen LogP contribution in [0.3, 0.4) is 0 Å². The summed E-state index contributed by atoms with van der Waals surface area (Å²) in [6.45, 7) is 3.82. The van der Waals surface area contributed by atoms with Gasteiger partial charge in [-0.15, -0.1) is 0 Å². The van der Waals surface area contributed by atoms with Gasteiger partial charge in [-0.1, -0.05) is 18.6 Å². The molecule has 1 fully saturated rings. The molecule has 0 radical (unpaired) electrons. The molecule has 8 nitrogen and oxygen atoms in total. The van der Waals surface area contributed by atoms with Gasteiger partial charge < -0.3 is 20.1 Å². The predicted molar refractivity (Wildman–Crippen MR) is 125 cm³/mol. The average Bonchev–Trinajstić information content (AvgIpc) is 2.81. The van der Waals surface area contributed by atoms with Crippen molar-refractivity contribution >= 4 is 40.8 Å². The fraction of sp³-hybridized carbons (Fsp3) is 0.409. The molecule has 9 heteroatoms. The number of aromatic amines is 1. The van der Waals surface area contributed by atoms with E-state index >= 15 is 0 Å². The van der Waals surface area contributed by atoms with E-state index in [1.54, 1.807) is 12.4 Å². The number of amides is 1. The highest BCUT2D eigenvalue weighted by Crippen LogP contribution is 2.19. The number of fused-ring (bicyclic) bond motifs is 1. The molecular weight excluding hydrogens is 410 g/mol. The van der Waals surface area contributed by atoms with E-state index in [-0.39, 0.29) is 5.91 Å². The Morgan fingerprint density at radius 2 is 1.81 bits per heavy atom. The summed E-state index contributed by atoms with van der Waals surface area (Å²) in [6, 6.07) is 9.80. The number of anilines is 2. The van der Waals surface area contributed by atoms with E-state index in [0.29, 0.717) is 11.2 Å². The zero-order valence-electron chi connectivity index (χ0n) is 17.5. The molecule has 1 aliphatic rings. The minimum absolute atomic E-state index is 0.239. The maximum atomic E-state index is 12.5. The minimum Gasteiger partial charge on any atom is -0.369 e. The van der Waals surface area contributed by atoms with Crippen LogP contribution in [-0.4, -0.2) is 63.5 Å². The largest absolute Gasteiger partial charge is 0.369 e. The summed E-state index contributed by atoms with van der Waals surface area (Å²) in [5.74, 6) is 1.79. The fourth-order valence-corrected chi connectivity index (χ4v) is 3.99. The summed E-state index contributed by atoms with van der Waals surface area (Å²) in [4.78, 5) is 32.7. The zero-order valence-corrected chi connectivity index (χ0v) is 18.3.